The summed E-state index contributed by atoms with van der Waals surface area (Å²) in [5.41, 5.74) is 0. The third-order valence-electron chi connectivity index (χ3n) is 3.47. The monoisotopic (exact) mass is 183 g/mol. The lowest BCUT2D eigenvalue weighted by atomic mass is 9.93. The minimum atomic E-state index is 0.860. The molecule has 0 amide bonds. The second-order valence-corrected chi connectivity index (χ2v) is 4.91. The van der Waals surface area contributed by atoms with Crippen molar-refractivity contribution >= 4 is 0 Å². The van der Waals surface area contributed by atoms with Gasteiger partial charge in [0, 0.05) is 0 Å². The van der Waals surface area contributed by atoms with Gasteiger partial charge in [-0.25, -0.2) is 0 Å². The molecule has 0 aromatic heterocycles. The molecule has 1 rings (SSSR count). The maximum Gasteiger partial charge on any atom is -0.00183 e. The van der Waals surface area contributed by atoms with Crippen LogP contribution in [0.4, 0.5) is 0 Å². The molecule has 0 aromatic carbocycles. The van der Waals surface area contributed by atoms with Crippen molar-refractivity contribution in [2.24, 2.45) is 11.8 Å². The molecular weight excluding hydrogens is 158 g/mol. The van der Waals surface area contributed by atoms with Gasteiger partial charge in [0.05, 0.1) is 0 Å². The van der Waals surface area contributed by atoms with Crippen LogP contribution in [0, 0.1) is 11.8 Å². The predicted octanol–water partition coefficient (Wildman–Crippen LogP) is 3.15. The minimum absolute atomic E-state index is 0.860. The molecule has 0 aromatic rings. The molecule has 0 spiro atoms. The second kappa shape index (κ2) is 5.64. The van der Waals surface area contributed by atoms with Gasteiger partial charge in [-0.2, -0.15) is 0 Å². The second-order valence-electron chi connectivity index (χ2n) is 4.91. The van der Waals surface area contributed by atoms with E-state index in [1.54, 1.807) is 0 Å². The average Bonchev–Trinajstić information content (AvgIpc) is 2.56. The van der Waals surface area contributed by atoms with Crippen molar-refractivity contribution in [1.82, 2.24) is 4.90 Å². The van der Waals surface area contributed by atoms with E-state index in [1.165, 1.54) is 45.3 Å². The zero-order chi connectivity index (χ0) is 9.68. The smallest absolute Gasteiger partial charge is 0.00183 e. The Morgan fingerprint density at radius 3 is 2.23 bits per heavy atom. The summed E-state index contributed by atoms with van der Waals surface area (Å²) in [6.07, 6.45) is 5.67. The van der Waals surface area contributed by atoms with Crippen LogP contribution in [-0.4, -0.2) is 24.5 Å². The van der Waals surface area contributed by atoms with Crippen LogP contribution in [-0.2, 0) is 0 Å². The Hall–Kier alpha value is -0.0400. The van der Waals surface area contributed by atoms with Gasteiger partial charge in [-0.05, 0) is 57.2 Å². The Labute approximate surface area is 83.5 Å². The van der Waals surface area contributed by atoms with Gasteiger partial charge in [0.25, 0.3) is 0 Å². The van der Waals surface area contributed by atoms with Gasteiger partial charge < -0.3 is 4.90 Å². The lowest BCUT2D eigenvalue weighted by molar-refractivity contribution is 0.301. The van der Waals surface area contributed by atoms with Crippen LogP contribution < -0.4 is 0 Å². The first kappa shape index (κ1) is 11.0. The van der Waals surface area contributed by atoms with E-state index >= 15 is 0 Å². The predicted molar refractivity (Wildman–Crippen MR) is 58.9 cm³/mol. The summed E-state index contributed by atoms with van der Waals surface area (Å²) in [6, 6.07) is 0. The quantitative estimate of drug-likeness (QED) is 0.633. The van der Waals surface area contributed by atoms with Gasteiger partial charge in [0.15, 0.2) is 0 Å². The SMILES string of the molecule is CC(C)C(C)CCCN1CCCC1. The lowest BCUT2D eigenvalue weighted by Gasteiger charge is -2.18. The molecular formula is C12H25N. The van der Waals surface area contributed by atoms with Crippen LogP contribution in [0.5, 0.6) is 0 Å². The van der Waals surface area contributed by atoms with Crippen molar-refractivity contribution in [2.75, 3.05) is 19.6 Å². The van der Waals surface area contributed by atoms with Gasteiger partial charge in [-0.1, -0.05) is 20.8 Å². The van der Waals surface area contributed by atoms with E-state index in [4.69, 9.17) is 0 Å². The van der Waals surface area contributed by atoms with Crippen molar-refractivity contribution in [3.05, 3.63) is 0 Å². The van der Waals surface area contributed by atoms with E-state index in [9.17, 15) is 0 Å². The molecule has 1 aliphatic heterocycles. The van der Waals surface area contributed by atoms with Gasteiger partial charge >= 0.3 is 0 Å². The van der Waals surface area contributed by atoms with Gasteiger partial charge in [-0.3, -0.25) is 0 Å². The fraction of sp³-hybridized carbons (Fsp3) is 1.00. The first-order chi connectivity index (χ1) is 6.20. The largest absolute Gasteiger partial charge is 0.303 e. The highest BCUT2D eigenvalue weighted by Crippen LogP contribution is 2.17. The minimum Gasteiger partial charge on any atom is -0.303 e. The molecule has 0 radical (unpaired) electrons. The maximum atomic E-state index is 2.62. The molecule has 1 heteroatoms. The van der Waals surface area contributed by atoms with Crippen LogP contribution in [0.15, 0.2) is 0 Å². The van der Waals surface area contributed by atoms with Crippen molar-refractivity contribution in [2.45, 2.75) is 46.5 Å². The van der Waals surface area contributed by atoms with E-state index < -0.39 is 0 Å². The maximum absolute atomic E-state index is 2.62. The Bertz CT molecular complexity index is 123. The Morgan fingerprint density at radius 1 is 1.08 bits per heavy atom. The normalized spacial score (nSPS) is 21.2. The van der Waals surface area contributed by atoms with Crippen LogP contribution in [0.1, 0.15) is 46.5 Å². The van der Waals surface area contributed by atoms with E-state index in [2.05, 4.69) is 25.7 Å². The number of hydrogen-bond acceptors (Lipinski definition) is 1. The Balaban J connectivity index is 1.99. The summed E-state index contributed by atoms with van der Waals surface area (Å²) < 4.78 is 0. The van der Waals surface area contributed by atoms with Crippen LogP contribution in [0.25, 0.3) is 0 Å². The van der Waals surface area contributed by atoms with Crippen LogP contribution >= 0.6 is 0 Å². The third-order valence-corrected chi connectivity index (χ3v) is 3.47. The zero-order valence-electron chi connectivity index (χ0n) is 9.55. The molecule has 0 N–H and O–H groups in total. The zero-order valence-corrected chi connectivity index (χ0v) is 9.55. The standard InChI is InChI=1S/C12H25N/c1-11(2)12(3)7-6-10-13-8-4-5-9-13/h11-12H,4-10H2,1-3H3. The van der Waals surface area contributed by atoms with E-state index in [0.717, 1.165) is 11.8 Å². The van der Waals surface area contributed by atoms with E-state index in [-0.39, 0.29) is 0 Å². The topological polar surface area (TPSA) is 3.24 Å². The van der Waals surface area contributed by atoms with Crippen LogP contribution in [0.2, 0.25) is 0 Å². The average molecular weight is 183 g/mol. The highest BCUT2D eigenvalue weighted by atomic mass is 15.1. The summed E-state index contributed by atoms with van der Waals surface area (Å²) in [4.78, 5) is 2.62. The molecule has 78 valence electrons. The lowest BCUT2D eigenvalue weighted by Crippen LogP contribution is -2.21. The highest BCUT2D eigenvalue weighted by molar-refractivity contribution is 4.67. The van der Waals surface area contributed by atoms with Crippen molar-refractivity contribution in [3.8, 4) is 0 Å². The fourth-order valence-corrected chi connectivity index (χ4v) is 1.98. The molecule has 1 nitrogen and oxygen atoms in total. The third kappa shape index (κ3) is 4.12. The van der Waals surface area contributed by atoms with Gasteiger partial charge in [0.2, 0.25) is 0 Å². The van der Waals surface area contributed by atoms with Crippen LogP contribution in [0.3, 0.4) is 0 Å². The van der Waals surface area contributed by atoms with E-state index in [1.807, 2.05) is 0 Å². The summed E-state index contributed by atoms with van der Waals surface area (Å²) in [5, 5.41) is 0. The Kier molecular flexibility index (Phi) is 4.79. The number of likely N-dealkylation sites (tertiary alicyclic amines) is 1. The summed E-state index contributed by atoms with van der Waals surface area (Å²) in [6.45, 7) is 11.1. The van der Waals surface area contributed by atoms with Crippen molar-refractivity contribution in [1.29, 1.82) is 0 Å². The summed E-state index contributed by atoms with van der Waals surface area (Å²) >= 11 is 0. The van der Waals surface area contributed by atoms with Gasteiger partial charge in [-0.15, -0.1) is 0 Å². The molecule has 0 aliphatic carbocycles. The first-order valence-corrected chi connectivity index (χ1v) is 5.92. The molecule has 1 unspecified atom stereocenters. The highest BCUT2D eigenvalue weighted by Gasteiger charge is 2.12. The summed E-state index contributed by atoms with van der Waals surface area (Å²) in [7, 11) is 0. The van der Waals surface area contributed by atoms with Crippen molar-refractivity contribution < 1.29 is 0 Å². The molecule has 1 saturated heterocycles. The summed E-state index contributed by atoms with van der Waals surface area (Å²) in [5.74, 6) is 1.76. The molecule has 0 saturated carbocycles. The molecule has 1 atom stereocenters. The molecule has 1 aliphatic rings. The van der Waals surface area contributed by atoms with Gasteiger partial charge in [0.1, 0.15) is 0 Å². The molecule has 1 fully saturated rings. The number of rotatable bonds is 5. The van der Waals surface area contributed by atoms with Crippen molar-refractivity contribution in [3.63, 3.8) is 0 Å². The molecule has 13 heavy (non-hydrogen) atoms. The number of nitrogens with zero attached hydrogens (tertiary/aromatic N) is 1. The van der Waals surface area contributed by atoms with E-state index in [0.29, 0.717) is 0 Å². The molecule has 1 heterocycles. The molecule has 0 bridgehead atoms. The number of hydrogen-bond donors (Lipinski definition) is 0. The first-order valence-electron chi connectivity index (χ1n) is 5.92. The Morgan fingerprint density at radius 2 is 1.69 bits per heavy atom. The fourth-order valence-electron chi connectivity index (χ4n) is 1.98.